The fourth-order valence-corrected chi connectivity index (χ4v) is 2.50. The number of ether oxygens (including phenoxy) is 1. The summed E-state index contributed by atoms with van der Waals surface area (Å²) < 4.78 is 20.8. The van der Waals surface area contributed by atoms with Gasteiger partial charge >= 0.3 is 0 Å². The molecule has 0 aliphatic heterocycles. The van der Waals surface area contributed by atoms with Crippen LogP contribution in [0.3, 0.4) is 0 Å². The van der Waals surface area contributed by atoms with Gasteiger partial charge in [-0.2, -0.15) is 5.10 Å². The van der Waals surface area contributed by atoms with E-state index in [1.807, 2.05) is 30.5 Å². The van der Waals surface area contributed by atoms with Crippen LogP contribution in [-0.4, -0.2) is 22.3 Å². The second-order valence-electron chi connectivity index (χ2n) is 5.22. The molecule has 1 heterocycles. The summed E-state index contributed by atoms with van der Waals surface area (Å²) in [6.07, 6.45) is 3.66. The molecule has 0 spiro atoms. The predicted octanol–water partition coefficient (Wildman–Crippen LogP) is 4.18. The zero-order valence-electron chi connectivity index (χ0n) is 13.2. The van der Waals surface area contributed by atoms with Crippen molar-refractivity contribution in [1.29, 1.82) is 0 Å². The number of benzene rings is 2. The van der Waals surface area contributed by atoms with Crippen molar-refractivity contribution in [2.45, 2.75) is 6.42 Å². The molecule has 7 heteroatoms. The summed E-state index contributed by atoms with van der Waals surface area (Å²) in [6.45, 7) is 0.201. The first-order valence-corrected chi connectivity index (χ1v) is 8.39. The van der Waals surface area contributed by atoms with E-state index in [4.69, 9.17) is 4.74 Å². The van der Waals surface area contributed by atoms with E-state index in [0.29, 0.717) is 11.4 Å². The molecule has 0 saturated carbocycles. The summed E-state index contributed by atoms with van der Waals surface area (Å²) in [5.74, 6) is 0.0173. The third kappa shape index (κ3) is 4.67. The SMILES string of the molecule is O=C(CCOc1ccc(F)cc1)Nc1ccccc1-n1cc(Br)cn1. The zero-order valence-corrected chi connectivity index (χ0v) is 14.7. The Bertz CT molecular complexity index is 865. The molecule has 0 aliphatic rings. The fourth-order valence-electron chi connectivity index (χ4n) is 2.22. The summed E-state index contributed by atoms with van der Waals surface area (Å²) in [5.41, 5.74) is 1.42. The van der Waals surface area contributed by atoms with Crippen LogP contribution >= 0.6 is 15.9 Å². The normalized spacial score (nSPS) is 10.5. The van der Waals surface area contributed by atoms with Gasteiger partial charge in [0.05, 0.1) is 35.1 Å². The number of anilines is 1. The predicted molar refractivity (Wildman–Crippen MR) is 96.4 cm³/mol. The van der Waals surface area contributed by atoms with Crippen molar-refractivity contribution in [1.82, 2.24) is 9.78 Å². The van der Waals surface area contributed by atoms with Crippen molar-refractivity contribution in [2.24, 2.45) is 0 Å². The fraction of sp³-hybridized carbons (Fsp3) is 0.111. The summed E-state index contributed by atoms with van der Waals surface area (Å²) in [6, 6.07) is 13.1. The van der Waals surface area contributed by atoms with Gasteiger partial charge in [-0.05, 0) is 52.3 Å². The highest BCUT2D eigenvalue weighted by Gasteiger charge is 2.09. The van der Waals surface area contributed by atoms with Gasteiger partial charge < -0.3 is 10.1 Å². The van der Waals surface area contributed by atoms with Gasteiger partial charge in [0.2, 0.25) is 5.91 Å². The second-order valence-corrected chi connectivity index (χ2v) is 6.14. The Hall–Kier alpha value is -2.67. The van der Waals surface area contributed by atoms with Crippen molar-refractivity contribution in [3.05, 3.63) is 71.2 Å². The van der Waals surface area contributed by atoms with E-state index in [9.17, 15) is 9.18 Å². The van der Waals surface area contributed by atoms with Crippen LogP contribution in [-0.2, 0) is 4.79 Å². The van der Waals surface area contributed by atoms with Gasteiger partial charge in [0.1, 0.15) is 11.6 Å². The summed E-state index contributed by atoms with van der Waals surface area (Å²) in [7, 11) is 0. The number of amides is 1. The molecule has 3 aromatic rings. The minimum Gasteiger partial charge on any atom is -0.493 e. The van der Waals surface area contributed by atoms with Gasteiger partial charge in [-0.15, -0.1) is 0 Å². The molecular weight excluding hydrogens is 389 g/mol. The lowest BCUT2D eigenvalue weighted by atomic mass is 10.2. The van der Waals surface area contributed by atoms with Crippen LogP contribution in [0.4, 0.5) is 10.1 Å². The Morgan fingerprint density at radius 2 is 1.96 bits per heavy atom. The molecule has 1 amide bonds. The van der Waals surface area contributed by atoms with E-state index in [1.165, 1.54) is 24.3 Å². The van der Waals surface area contributed by atoms with Crippen molar-refractivity contribution in [3.8, 4) is 11.4 Å². The first-order chi connectivity index (χ1) is 12.1. The molecule has 0 bridgehead atoms. The van der Waals surface area contributed by atoms with Crippen LogP contribution in [0.15, 0.2) is 65.4 Å². The molecular formula is C18H15BrFN3O2. The number of halogens is 2. The van der Waals surface area contributed by atoms with Gasteiger partial charge in [0.25, 0.3) is 0 Å². The standard InChI is InChI=1S/C18H15BrFN3O2/c19-13-11-21-23(12-13)17-4-2-1-3-16(17)22-18(24)9-10-25-15-7-5-14(20)6-8-15/h1-8,11-12H,9-10H2,(H,22,24). The number of hydrogen-bond donors (Lipinski definition) is 1. The number of carbonyl (C=O) groups is 1. The minimum atomic E-state index is -0.327. The molecule has 0 radical (unpaired) electrons. The van der Waals surface area contributed by atoms with Gasteiger partial charge in [0, 0.05) is 6.20 Å². The summed E-state index contributed by atoms with van der Waals surface area (Å²) >= 11 is 3.35. The third-order valence-electron chi connectivity index (χ3n) is 3.39. The smallest absolute Gasteiger partial charge is 0.227 e. The van der Waals surface area contributed by atoms with E-state index < -0.39 is 0 Å². The van der Waals surface area contributed by atoms with Crippen LogP contribution in [0.5, 0.6) is 5.75 Å². The molecule has 0 saturated heterocycles. The minimum absolute atomic E-state index is 0.175. The van der Waals surface area contributed by atoms with Gasteiger partial charge in [-0.1, -0.05) is 12.1 Å². The van der Waals surface area contributed by atoms with Gasteiger partial charge in [0.15, 0.2) is 0 Å². The number of aromatic nitrogens is 2. The number of para-hydroxylation sites is 2. The number of nitrogens with zero attached hydrogens (tertiary/aromatic N) is 2. The van der Waals surface area contributed by atoms with E-state index >= 15 is 0 Å². The Labute approximate surface area is 152 Å². The van der Waals surface area contributed by atoms with Gasteiger partial charge in [-0.25, -0.2) is 9.07 Å². The molecule has 3 rings (SSSR count). The lowest BCUT2D eigenvalue weighted by Crippen LogP contribution is -2.16. The highest BCUT2D eigenvalue weighted by atomic mass is 79.9. The molecule has 1 aromatic heterocycles. The highest BCUT2D eigenvalue weighted by Crippen LogP contribution is 2.21. The molecule has 5 nitrogen and oxygen atoms in total. The maximum absolute atomic E-state index is 12.8. The lowest BCUT2D eigenvalue weighted by molar-refractivity contribution is -0.116. The molecule has 2 aromatic carbocycles. The largest absolute Gasteiger partial charge is 0.493 e. The quantitative estimate of drug-likeness (QED) is 0.671. The molecule has 0 unspecified atom stereocenters. The van der Waals surface area contributed by atoms with Crippen LogP contribution in [0, 0.1) is 5.82 Å². The van der Waals surface area contributed by atoms with Gasteiger partial charge in [-0.3, -0.25) is 4.79 Å². The molecule has 0 aliphatic carbocycles. The summed E-state index contributed by atoms with van der Waals surface area (Å²) in [5, 5.41) is 7.08. The van der Waals surface area contributed by atoms with Crippen LogP contribution in [0.1, 0.15) is 6.42 Å². The Morgan fingerprint density at radius 3 is 2.68 bits per heavy atom. The maximum Gasteiger partial charge on any atom is 0.227 e. The van der Waals surface area contributed by atoms with Crippen LogP contribution in [0.2, 0.25) is 0 Å². The maximum atomic E-state index is 12.8. The average Bonchev–Trinajstić information content (AvgIpc) is 3.03. The van der Waals surface area contributed by atoms with Crippen molar-refractivity contribution in [2.75, 3.05) is 11.9 Å². The van der Waals surface area contributed by atoms with E-state index in [1.54, 1.807) is 10.9 Å². The molecule has 1 N–H and O–H groups in total. The monoisotopic (exact) mass is 403 g/mol. The highest BCUT2D eigenvalue weighted by molar-refractivity contribution is 9.10. The average molecular weight is 404 g/mol. The lowest BCUT2D eigenvalue weighted by Gasteiger charge is -2.11. The number of nitrogens with one attached hydrogen (secondary N) is 1. The Balaban J connectivity index is 1.59. The second kappa shape index (κ2) is 7.94. The topological polar surface area (TPSA) is 56.1 Å². The third-order valence-corrected chi connectivity index (χ3v) is 3.80. The number of rotatable bonds is 6. The molecule has 0 fully saturated rings. The van der Waals surface area contributed by atoms with Crippen LogP contribution < -0.4 is 10.1 Å². The molecule has 128 valence electrons. The first-order valence-electron chi connectivity index (χ1n) is 7.59. The Kier molecular flexibility index (Phi) is 5.45. The summed E-state index contributed by atoms with van der Waals surface area (Å²) in [4.78, 5) is 12.2. The van der Waals surface area contributed by atoms with Crippen molar-refractivity contribution in [3.63, 3.8) is 0 Å². The van der Waals surface area contributed by atoms with Crippen molar-refractivity contribution < 1.29 is 13.9 Å². The molecule has 0 atom stereocenters. The van der Waals surface area contributed by atoms with E-state index in [-0.39, 0.29) is 24.8 Å². The Morgan fingerprint density at radius 1 is 1.20 bits per heavy atom. The van der Waals surface area contributed by atoms with E-state index in [2.05, 4.69) is 26.3 Å². The van der Waals surface area contributed by atoms with Crippen LogP contribution in [0.25, 0.3) is 5.69 Å². The first kappa shape index (κ1) is 17.2. The number of hydrogen-bond acceptors (Lipinski definition) is 3. The van der Waals surface area contributed by atoms with Crippen molar-refractivity contribution >= 4 is 27.5 Å². The van der Waals surface area contributed by atoms with E-state index in [0.717, 1.165) is 10.2 Å². The number of carbonyl (C=O) groups excluding carboxylic acids is 1. The zero-order chi connectivity index (χ0) is 17.6. The molecule has 25 heavy (non-hydrogen) atoms.